The fourth-order valence-electron chi connectivity index (χ4n) is 4.64. The lowest BCUT2D eigenvalue weighted by atomic mass is 10.1. The average Bonchev–Trinajstić information content (AvgIpc) is 3.44. The molecule has 5 rings (SSSR count). The van der Waals surface area contributed by atoms with Gasteiger partial charge in [-0.25, -0.2) is 14.8 Å². The molecule has 10 heteroatoms. The molecular formula is C27H32N6O3S. The maximum atomic E-state index is 12.7. The van der Waals surface area contributed by atoms with Crippen molar-refractivity contribution in [2.24, 2.45) is 0 Å². The van der Waals surface area contributed by atoms with Crippen molar-refractivity contribution in [3.8, 4) is 5.88 Å². The maximum absolute atomic E-state index is 12.7. The third kappa shape index (κ3) is 7.11. The summed E-state index contributed by atoms with van der Waals surface area (Å²) < 4.78 is 5.45. The normalized spacial score (nSPS) is 16.9. The smallest absolute Gasteiger partial charge is 0.391 e. The van der Waals surface area contributed by atoms with Crippen LogP contribution in [0.1, 0.15) is 48.0 Å². The van der Waals surface area contributed by atoms with E-state index in [4.69, 9.17) is 4.74 Å². The number of pyridine rings is 1. The third-order valence-corrected chi connectivity index (χ3v) is 7.96. The van der Waals surface area contributed by atoms with Crippen molar-refractivity contribution in [3.63, 3.8) is 0 Å². The summed E-state index contributed by atoms with van der Waals surface area (Å²) >= 11 is 1.71. The summed E-state index contributed by atoms with van der Waals surface area (Å²) in [6.45, 7) is 4.47. The summed E-state index contributed by atoms with van der Waals surface area (Å²) in [6.07, 6.45) is 10.2. The highest BCUT2D eigenvalue weighted by molar-refractivity contribution is 7.99. The van der Waals surface area contributed by atoms with Gasteiger partial charge in [-0.2, -0.15) is 0 Å². The molecule has 2 amide bonds. The number of carbonyl (C=O) groups is 2. The van der Waals surface area contributed by atoms with Gasteiger partial charge in [-0.15, -0.1) is 0 Å². The van der Waals surface area contributed by atoms with Crippen LogP contribution in [0.25, 0.3) is 0 Å². The molecule has 2 N–H and O–H groups in total. The number of rotatable bonds is 7. The number of benzene rings is 1. The quantitative estimate of drug-likeness (QED) is 0.461. The molecule has 194 valence electrons. The second-order valence-electron chi connectivity index (χ2n) is 9.44. The summed E-state index contributed by atoms with van der Waals surface area (Å²) in [7, 11) is 0. The zero-order valence-electron chi connectivity index (χ0n) is 20.8. The zero-order valence-corrected chi connectivity index (χ0v) is 21.6. The first-order valence-corrected chi connectivity index (χ1v) is 13.7. The van der Waals surface area contributed by atoms with Crippen molar-refractivity contribution < 1.29 is 14.3 Å². The molecule has 0 unspecified atom stereocenters. The summed E-state index contributed by atoms with van der Waals surface area (Å²) in [5.41, 5.74) is 2.34. The Morgan fingerprint density at radius 3 is 2.46 bits per heavy atom. The predicted octanol–water partition coefficient (Wildman–Crippen LogP) is 4.80. The zero-order chi connectivity index (χ0) is 25.5. The summed E-state index contributed by atoms with van der Waals surface area (Å²) in [5.74, 6) is 0.00325. The number of imidazole rings is 1. The van der Waals surface area contributed by atoms with E-state index in [-0.39, 0.29) is 11.8 Å². The number of thioether (sulfide) groups is 1. The fourth-order valence-corrected chi connectivity index (χ4v) is 5.66. The number of H-pyrrole nitrogens is 1. The van der Waals surface area contributed by atoms with Gasteiger partial charge >= 0.3 is 6.09 Å². The van der Waals surface area contributed by atoms with Crippen molar-refractivity contribution in [2.75, 3.05) is 31.5 Å². The molecule has 0 atom stereocenters. The van der Waals surface area contributed by atoms with E-state index < -0.39 is 6.09 Å². The topological polar surface area (TPSA) is 103 Å². The number of aromatic nitrogens is 3. The predicted molar refractivity (Wildman–Crippen MR) is 143 cm³/mol. The third-order valence-electron chi connectivity index (χ3n) is 6.71. The molecule has 2 aromatic heterocycles. The number of nitrogens with one attached hydrogen (secondary N) is 2. The number of likely N-dealkylation sites (tertiary alicyclic amines) is 2. The van der Waals surface area contributed by atoms with Crippen molar-refractivity contribution in [1.82, 2.24) is 24.8 Å². The Balaban J connectivity index is 1.07. The Bertz CT molecular complexity index is 1160. The van der Waals surface area contributed by atoms with Crippen molar-refractivity contribution in [1.29, 1.82) is 0 Å². The van der Waals surface area contributed by atoms with E-state index in [0.717, 1.165) is 37.6 Å². The highest BCUT2D eigenvalue weighted by Crippen LogP contribution is 2.28. The molecule has 9 nitrogen and oxygen atoms in total. The summed E-state index contributed by atoms with van der Waals surface area (Å²) in [4.78, 5) is 40.9. The first kappa shape index (κ1) is 25.3. The second kappa shape index (κ2) is 12.2. The van der Waals surface area contributed by atoms with Gasteiger partial charge in [0.1, 0.15) is 0 Å². The highest BCUT2D eigenvalue weighted by atomic mass is 32.2. The van der Waals surface area contributed by atoms with Gasteiger partial charge in [-0.1, -0.05) is 30.3 Å². The minimum Gasteiger partial charge on any atom is -0.391 e. The van der Waals surface area contributed by atoms with E-state index in [2.05, 4.69) is 25.2 Å². The van der Waals surface area contributed by atoms with Crippen LogP contribution in [0.2, 0.25) is 0 Å². The van der Waals surface area contributed by atoms with Crippen molar-refractivity contribution in [3.05, 3.63) is 66.1 Å². The average molecular weight is 521 g/mol. The molecule has 0 radical (unpaired) electrons. The number of carbonyl (C=O) groups excluding carboxylic acids is 2. The number of aromatic amines is 1. The Hall–Kier alpha value is -3.37. The van der Waals surface area contributed by atoms with Crippen LogP contribution in [0.5, 0.6) is 5.88 Å². The first-order valence-electron chi connectivity index (χ1n) is 12.8. The standard InChI is InChI=1S/C27H32N6O3S/c34-25(21-6-4-20(5-7-21)19-32-14-2-1-3-15-32)31-22-8-9-24(30-18-22)36-27(35)33-16-10-23(11-17-33)37-26-28-12-13-29-26/h4-9,12-13,18,23H,1-3,10-11,14-17,19H2,(H,28,29)(H,31,34). The summed E-state index contributed by atoms with van der Waals surface area (Å²) in [6, 6.07) is 11.0. The van der Waals surface area contributed by atoms with E-state index in [1.165, 1.54) is 31.0 Å². The molecule has 0 bridgehead atoms. The van der Waals surface area contributed by atoms with Crippen LogP contribution < -0.4 is 10.1 Å². The van der Waals surface area contributed by atoms with Gasteiger partial charge in [-0.3, -0.25) is 9.69 Å². The number of nitrogens with zero attached hydrogens (tertiary/aromatic N) is 4. The van der Waals surface area contributed by atoms with Crippen molar-refractivity contribution in [2.45, 2.75) is 49.1 Å². The molecule has 3 aromatic rings. The fraction of sp³-hybridized carbons (Fsp3) is 0.407. The summed E-state index contributed by atoms with van der Waals surface area (Å²) in [5, 5.41) is 4.18. The lowest BCUT2D eigenvalue weighted by Crippen LogP contribution is -2.41. The Morgan fingerprint density at radius 2 is 1.78 bits per heavy atom. The molecule has 0 aliphatic carbocycles. The molecular weight excluding hydrogens is 488 g/mol. The van der Waals surface area contributed by atoms with Crippen molar-refractivity contribution >= 4 is 29.4 Å². The van der Waals surface area contributed by atoms with Gasteiger partial charge in [0, 0.05) is 48.9 Å². The second-order valence-corrected chi connectivity index (χ2v) is 10.7. The minimum absolute atomic E-state index is 0.202. The largest absolute Gasteiger partial charge is 0.416 e. The number of hydrogen-bond donors (Lipinski definition) is 2. The molecule has 0 saturated carbocycles. The van der Waals surface area contributed by atoms with Gasteiger partial charge in [-0.05, 0) is 62.5 Å². The van der Waals surface area contributed by atoms with Crippen LogP contribution in [0.3, 0.4) is 0 Å². The van der Waals surface area contributed by atoms with E-state index in [1.54, 1.807) is 35.0 Å². The van der Waals surface area contributed by atoms with Crippen LogP contribution >= 0.6 is 11.8 Å². The Morgan fingerprint density at radius 1 is 1.00 bits per heavy atom. The van der Waals surface area contributed by atoms with Gasteiger partial charge in [0.05, 0.1) is 11.9 Å². The van der Waals surface area contributed by atoms with Crippen LogP contribution in [-0.2, 0) is 6.54 Å². The molecule has 2 aliphatic rings. The molecule has 2 saturated heterocycles. The number of amides is 2. The van der Waals surface area contributed by atoms with Gasteiger partial charge in [0.25, 0.3) is 5.91 Å². The Kier molecular flexibility index (Phi) is 8.37. The SMILES string of the molecule is O=C(Nc1ccc(OC(=O)N2CCC(Sc3ncc[nH]3)CC2)nc1)c1ccc(CN2CCCCC2)cc1. The van der Waals surface area contributed by atoms with Crippen LogP contribution in [-0.4, -0.2) is 68.2 Å². The molecule has 0 spiro atoms. The van der Waals surface area contributed by atoms with E-state index in [9.17, 15) is 9.59 Å². The minimum atomic E-state index is -0.407. The van der Waals surface area contributed by atoms with E-state index in [0.29, 0.717) is 29.6 Å². The highest BCUT2D eigenvalue weighted by Gasteiger charge is 2.25. The van der Waals surface area contributed by atoms with Gasteiger partial charge in [0.15, 0.2) is 5.16 Å². The number of anilines is 1. The molecule has 37 heavy (non-hydrogen) atoms. The number of ether oxygens (including phenoxy) is 1. The van der Waals surface area contributed by atoms with Gasteiger partial charge < -0.3 is 19.9 Å². The first-order chi connectivity index (χ1) is 18.1. The number of hydrogen-bond acceptors (Lipinski definition) is 7. The maximum Gasteiger partial charge on any atom is 0.416 e. The lowest BCUT2D eigenvalue weighted by Gasteiger charge is -2.30. The van der Waals surface area contributed by atoms with Crippen LogP contribution in [0, 0.1) is 0 Å². The van der Waals surface area contributed by atoms with Crippen LogP contribution in [0.4, 0.5) is 10.5 Å². The van der Waals surface area contributed by atoms with Crippen LogP contribution in [0.15, 0.2) is 60.1 Å². The Labute approximate surface area is 221 Å². The molecule has 1 aromatic carbocycles. The van der Waals surface area contributed by atoms with Gasteiger partial charge in [0.2, 0.25) is 5.88 Å². The molecule has 2 aliphatic heterocycles. The molecule has 4 heterocycles. The molecule has 2 fully saturated rings. The van der Waals surface area contributed by atoms with E-state index >= 15 is 0 Å². The number of piperidine rings is 2. The van der Waals surface area contributed by atoms with E-state index in [1.807, 2.05) is 30.5 Å². The lowest BCUT2D eigenvalue weighted by molar-refractivity contribution is 0.102. The monoisotopic (exact) mass is 520 g/mol.